The summed E-state index contributed by atoms with van der Waals surface area (Å²) in [5, 5.41) is 9.08. The molecule has 1 N–H and O–H groups in total. The van der Waals surface area contributed by atoms with Crippen LogP contribution in [0.1, 0.15) is 6.92 Å². The molecular formula is C11H10F6O2. The van der Waals surface area contributed by atoms with Crippen molar-refractivity contribution in [2.75, 3.05) is 7.11 Å². The van der Waals surface area contributed by atoms with Crippen molar-refractivity contribution in [3.05, 3.63) is 23.5 Å². The van der Waals surface area contributed by atoms with Crippen LogP contribution in [0, 0.1) is 12.3 Å². The number of halogens is 6. The molecule has 0 unspecified atom stereocenters. The van der Waals surface area contributed by atoms with E-state index in [2.05, 4.69) is 4.74 Å². The van der Waals surface area contributed by atoms with Crippen molar-refractivity contribution in [1.29, 1.82) is 0 Å². The van der Waals surface area contributed by atoms with E-state index in [-0.39, 0.29) is 0 Å². The van der Waals surface area contributed by atoms with Gasteiger partial charge in [0.15, 0.2) is 0 Å². The molecule has 0 rings (SSSR count). The standard InChI is InChI=1S/C11H10F6O2/c1-4-5-6-8(19-3)7(2)9(18,10(12,13)14)11(15,16)17/h1,5-6,18H,2-3H3/b6-5-,8-7-. The van der Waals surface area contributed by atoms with Crippen molar-refractivity contribution >= 4 is 0 Å². The van der Waals surface area contributed by atoms with Gasteiger partial charge in [0, 0.05) is 5.57 Å². The number of aliphatic hydroxyl groups is 1. The maximum atomic E-state index is 12.5. The second kappa shape index (κ2) is 5.57. The van der Waals surface area contributed by atoms with Crippen molar-refractivity contribution in [3.63, 3.8) is 0 Å². The van der Waals surface area contributed by atoms with Crippen LogP contribution in [-0.4, -0.2) is 30.2 Å². The minimum Gasteiger partial charge on any atom is -0.497 e. The summed E-state index contributed by atoms with van der Waals surface area (Å²) in [5.74, 6) is 1.05. The predicted octanol–water partition coefficient (Wildman–Crippen LogP) is 2.95. The monoisotopic (exact) mass is 288 g/mol. The van der Waals surface area contributed by atoms with Crippen molar-refractivity contribution < 1.29 is 36.2 Å². The van der Waals surface area contributed by atoms with E-state index in [0.29, 0.717) is 6.92 Å². The molecule has 0 aromatic rings. The third kappa shape index (κ3) is 3.23. The van der Waals surface area contributed by atoms with Crippen LogP contribution in [-0.2, 0) is 4.74 Å². The maximum Gasteiger partial charge on any atom is 0.430 e. The Labute approximate surface area is 105 Å². The van der Waals surface area contributed by atoms with E-state index in [1.54, 1.807) is 0 Å². The topological polar surface area (TPSA) is 29.5 Å². The molecule has 0 aliphatic rings. The first-order valence-electron chi connectivity index (χ1n) is 4.67. The van der Waals surface area contributed by atoms with Gasteiger partial charge in [0.25, 0.3) is 5.60 Å². The minimum atomic E-state index is -5.96. The van der Waals surface area contributed by atoms with Crippen molar-refractivity contribution in [3.8, 4) is 12.3 Å². The van der Waals surface area contributed by atoms with E-state index < -0.39 is 29.3 Å². The summed E-state index contributed by atoms with van der Waals surface area (Å²) < 4.78 is 79.7. The Morgan fingerprint density at radius 3 is 1.84 bits per heavy atom. The van der Waals surface area contributed by atoms with Crippen LogP contribution in [0.5, 0.6) is 0 Å². The number of hydrogen-bond acceptors (Lipinski definition) is 2. The quantitative estimate of drug-likeness (QED) is 0.374. The second-order valence-corrected chi connectivity index (χ2v) is 3.40. The number of allylic oxidation sites excluding steroid dienone is 2. The SMILES string of the molecule is C#C/C=C\C(OC)=C(/C)C(O)(C(F)(F)F)C(F)(F)F. The number of terminal acetylenes is 1. The molecule has 0 aliphatic carbocycles. The van der Waals surface area contributed by atoms with Gasteiger partial charge in [0.1, 0.15) is 5.76 Å². The van der Waals surface area contributed by atoms with Gasteiger partial charge >= 0.3 is 12.4 Å². The van der Waals surface area contributed by atoms with Crippen molar-refractivity contribution in [2.24, 2.45) is 0 Å². The smallest absolute Gasteiger partial charge is 0.430 e. The van der Waals surface area contributed by atoms with E-state index >= 15 is 0 Å². The van der Waals surface area contributed by atoms with Crippen LogP contribution < -0.4 is 0 Å². The van der Waals surface area contributed by atoms with Gasteiger partial charge in [-0.15, -0.1) is 6.42 Å². The molecule has 0 atom stereocenters. The molecular weight excluding hydrogens is 278 g/mol. The maximum absolute atomic E-state index is 12.5. The number of hydrogen-bond donors (Lipinski definition) is 1. The molecule has 108 valence electrons. The Morgan fingerprint density at radius 1 is 1.16 bits per heavy atom. The molecule has 19 heavy (non-hydrogen) atoms. The van der Waals surface area contributed by atoms with Gasteiger partial charge in [-0.05, 0) is 19.1 Å². The van der Waals surface area contributed by atoms with E-state index in [4.69, 9.17) is 11.5 Å². The van der Waals surface area contributed by atoms with Gasteiger partial charge in [-0.3, -0.25) is 0 Å². The van der Waals surface area contributed by atoms with E-state index in [1.807, 2.05) is 5.92 Å². The predicted molar refractivity (Wildman–Crippen MR) is 54.7 cm³/mol. The first-order valence-corrected chi connectivity index (χ1v) is 4.67. The van der Waals surface area contributed by atoms with Crippen LogP contribution in [0.3, 0.4) is 0 Å². The normalized spacial score (nSPS) is 15.2. The zero-order valence-electron chi connectivity index (χ0n) is 9.86. The average molecular weight is 288 g/mol. The molecule has 0 saturated carbocycles. The van der Waals surface area contributed by atoms with Crippen LogP contribution in [0.2, 0.25) is 0 Å². The lowest BCUT2D eigenvalue weighted by molar-refractivity contribution is -0.352. The fourth-order valence-electron chi connectivity index (χ4n) is 1.23. The zero-order valence-corrected chi connectivity index (χ0v) is 9.86. The van der Waals surface area contributed by atoms with Gasteiger partial charge in [0.2, 0.25) is 0 Å². The van der Waals surface area contributed by atoms with Crippen LogP contribution in [0.25, 0.3) is 0 Å². The molecule has 0 bridgehead atoms. The molecule has 0 fully saturated rings. The zero-order chi connectivity index (χ0) is 15.5. The Hall–Kier alpha value is -1.62. The summed E-state index contributed by atoms with van der Waals surface area (Å²) in [5.41, 5.74) is -6.47. The lowest BCUT2D eigenvalue weighted by Gasteiger charge is -2.33. The number of rotatable bonds is 3. The molecule has 0 spiro atoms. The first kappa shape index (κ1) is 17.4. The lowest BCUT2D eigenvalue weighted by Crippen LogP contribution is -2.58. The highest BCUT2D eigenvalue weighted by Crippen LogP contribution is 2.48. The Bertz CT molecular complexity index is 408. The van der Waals surface area contributed by atoms with Crippen molar-refractivity contribution in [1.82, 2.24) is 0 Å². The number of alkyl halides is 6. The molecule has 0 amide bonds. The van der Waals surface area contributed by atoms with Gasteiger partial charge in [-0.25, -0.2) is 0 Å². The molecule has 0 aliphatic heterocycles. The highest BCUT2D eigenvalue weighted by Gasteiger charge is 2.72. The molecule has 0 saturated heterocycles. The highest BCUT2D eigenvalue weighted by molar-refractivity contribution is 5.32. The van der Waals surface area contributed by atoms with Crippen LogP contribution in [0.15, 0.2) is 23.5 Å². The van der Waals surface area contributed by atoms with E-state index in [9.17, 15) is 26.3 Å². The molecule has 0 aromatic heterocycles. The number of ether oxygens (including phenoxy) is 1. The fourth-order valence-corrected chi connectivity index (χ4v) is 1.23. The summed E-state index contributed by atoms with van der Waals surface area (Å²) in [6, 6.07) is 0. The van der Waals surface area contributed by atoms with Crippen LogP contribution in [0.4, 0.5) is 26.3 Å². The lowest BCUT2D eigenvalue weighted by atomic mass is 9.92. The fraction of sp³-hybridized carbons (Fsp3) is 0.455. The Balaban J connectivity index is 6.13. The van der Waals surface area contributed by atoms with E-state index in [1.165, 1.54) is 0 Å². The largest absolute Gasteiger partial charge is 0.497 e. The molecule has 0 heterocycles. The molecule has 0 aromatic carbocycles. The van der Waals surface area contributed by atoms with Gasteiger partial charge in [0.05, 0.1) is 7.11 Å². The molecule has 0 radical (unpaired) electrons. The third-order valence-electron chi connectivity index (χ3n) is 2.28. The molecule has 8 heteroatoms. The summed E-state index contributed by atoms with van der Waals surface area (Å²) in [7, 11) is 0.854. The first-order chi connectivity index (χ1) is 8.43. The minimum absolute atomic E-state index is 0.459. The average Bonchev–Trinajstić information content (AvgIpc) is 2.25. The Morgan fingerprint density at radius 2 is 1.58 bits per heavy atom. The summed E-state index contributed by atoms with van der Waals surface area (Å²) >= 11 is 0. The third-order valence-corrected chi connectivity index (χ3v) is 2.28. The van der Waals surface area contributed by atoms with Crippen LogP contribution >= 0.6 is 0 Å². The second-order valence-electron chi connectivity index (χ2n) is 3.40. The van der Waals surface area contributed by atoms with Gasteiger partial charge < -0.3 is 9.84 Å². The number of methoxy groups -OCH3 is 1. The van der Waals surface area contributed by atoms with Crippen molar-refractivity contribution in [2.45, 2.75) is 24.9 Å². The van der Waals surface area contributed by atoms with E-state index in [0.717, 1.165) is 19.3 Å². The summed E-state index contributed by atoms with van der Waals surface area (Å²) in [6.45, 7) is 0.459. The van der Waals surface area contributed by atoms with Gasteiger partial charge in [-0.2, -0.15) is 26.3 Å². The summed E-state index contributed by atoms with van der Waals surface area (Å²) in [6.07, 6.45) is -5.56. The Kier molecular flexibility index (Phi) is 5.09. The highest BCUT2D eigenvalue weighted by atomic mass is 19.4. The molecule has 2 nitrogen and oxygen atoms in total. The summed E-state index contributed by atoms with van der Waals surface area (Å²) in [4.78, 5) is 0. The van der Waals surface area contributed by atoms with Gasteiger partial charge in [-0.1, -0.05) is 5.92 Å².